The van der Waals surface area contributed by atoms with Crippen molar-refractivity contribution in [2.24, 2.45) is 11.0 Å². The van der Waals surface area contributed by atoms with Crippen molar-refractivity contribution in [2.45, 2.75) is 12.3 Å². The fourth-order valence-corrected chi connectivity index (χ4v) is 2.62. The Morgan fingerprint density at radius 2 is 1.86 bits per heavy atom. The van der Waals surface area contributed by atoms with E-state index in [0.717, 1.165) is 16.5 Å². The third kappa shape index (κ3) is 3.58. The van der Waals surface area contributed by atoms with Gasteiger partial charge >= 0.3 is 0 Å². The second kappa shape index (κ2) is 6.22. The van der Waals surface area contributed by atoms with Gasteiger partial charge in [-0.05, 0) is 35.6 Å². The van der Waals surface area contributed by atoms with E-state index < -0.39 is 0 Å². The Morgan fingerprint density at radius 1 is 1.14 bits per heavy atom. The second-order valence-electron chi connectivity index (χ2n) is 5.15. The molecule has 1 saturated carbocycles. The van der Waals surface area contributed by atoms with Crippen molar-refractivity contribution in [2.75, 3.05) is 0 Å². The molecule has 1 fully saturated rings. The minimum Gasteiger partial charge on any atom is -0.273 e. The van der Waals surface area contributed by atoms with Crippen LogP contribution >= 0.6 is 15.9 Å². The lowest BCUT2D eigenvalue weighted by Gasteiger charge is -2.00. The SMILES string of the molecule is O=C(NN=Cc1ccc(Br)cc1)C1CC1c1ccccc1. The smallest absolute Gasteiger partial charge is 0.243 e. The summed E-state index contributed by atoms with van der Waals surface area (Å²) < 4.78 is 1.02. The first-order valence-corrected chi connectivity index (χ1v) is 7.67. The van der Waals surface area contributed by atoms with Crippen LogP contribution in [0.1, 0.15) is 23.5 Å². The fourth-order valence-electron chi connectivity index (χ4n) is 2.36. The molecule has 0 heterocycles. The van der Waals surface area contributed by atoms with Gasteiger partial charge in [0.2, 0.25) is 5.91 Å². The summed E-state index contributed by atoms with van der Waals surface area (Å²) in [7, 11) is 0. The van der Waals surface area contributed by atoms with Crippen LogP contribution in [-0.4, -0.2) is 12.1 Å². The molecule has 0 aliphatic heterocycles. The molecule has 3 rings (SSSR count). The first kappa shape index (κ1) is 14.0. The Morgan fingerprint density at radius 3 is 2.57 bits per heavy atom. The van der Waals surface area contributed by atoms with E-state index in [-0.39, 0.29) is 11.8 Å². The van der Waals surface area contributed by atoms with Gasteiger partial charge in [-0.3, -0.25) is 4.79 Å². The molecule has 2 unspecified atom stereocenters. The van der Waals surface area contributed by atoms with Crippen molar-refractivity contribution in [3.8, 4) is 0 Å². The van der Waals surface area contributed by atoms with Crippen LogP contribution in [0.25, 0.3) is 0 Å². The first-order valence-electron chi connectivity index (χ1n) is 6.87. The highest BCUT2D eigenvalue weighted by Crippen LogP contribution is 2.47. The Balaban J connectivity index is 1.53. The number of carbonyl (C=O) groups excluding carboxylic acids is 1. The lowest BCUT2D eigenvalue weighted by atomic mass is 10.1. The topological polar surface area (TPSA) is 41.5 Å². The van der Waals surface area contributed by atoms with E-state index >= 15 is 0 Å². The van der Waals surface area contributed by atoms with Crippen molar-refractivity contribution < 1.29 is 4.79 Å². The fraction of sp³-hybridized carbons (Fsp3) is 0.176. The minimum absolute atomic E-state index is 0.00258. The molecule has 3 nitrogen and oxygen atoms in total. The maximum Gasteiger partial charge on any atom is 0.243 e. The van der Waals surface area contributed by atoms with Gasteiger partial charge in [0, 0.05) is 10.4 Å². The average molecular weight is 343 g/mol. The number of hydrogen-bond acceptors (Lipinski definition) is 2. The molecular formula is C17H15BrN2O. The molecule has 2 aromatic carbocycles. The van der Waals surface area contributed by atoms with Gasteiger partial charge in [0.15, 0.2) is 0 Å². The Bertz CT molecular complexity index is 652. The average Bonchev–Trinajstić information content (AvgIpc) is 3.31. The number of carbonyl (C=O) groups is 1. The zero-order valence-corrected chi connectivity index (χ0v) is 13.0. The first-order chi connectivity index (χ1) is 10.2. The van der Waals surface area contributed by atoms with Gasteiger partial charge in [0.05, 0.1) is 6.21 Å². The summed E-state index contributed by atoms with van der Waals surface area (Å²) in [5.74, 6) is 0.390. The Hall–Kier alpha value is -1.94. The van der Waals surface area contributed by atoms with Gasteiger partial charge in [0.1, 0.15) is 0 Å². The quantitative estimate of drug-likeness (QED) is 0.667. The van der Waals surface area contributed by atoms with Crippen molar-refractivity contribution in [3.05, 3.63) is 70.2 Å². The summed E-state index contributed by atoms with van der Waals surface area (Å²) >= 11 is 3.38. The third-order valence-corrected chi connectivity index (χ3v) is 4.14. The monoisotopic (exact) mass is 342 g/mol. The minimum atomic E-state index is -0.00258. The van der Waals surface area contributed by atoms with Crippen molar-refractivity contribution in [1.82, 2.24) is 5.43 Å². The zero-order chi connectivity index (χ0) is 14.7. The van der Waals surface area contributed by atoms with Crippen molar-refractivity contribution in [1.29, 1.82) is 0 Å². The summed E-state index contributed by atoms with van der Waals surface area (Å²) in [6.45, 7) is 0. The normalized spacial score (nSPS) is 20.4. The predicted octanol–water partition coefficient (Wildman–Crippen LogP) is 3.70. The van der Waals surface area contributed by atoms with Crippen LogP contribution in [0.4, 0.5) is 0 Å². The molecule has 21 heavy (non-hydrogen) atoms. The lowest BCUT2D eigenvalue weighted by Crippen LogP contribution is -2.20. The molecule has 0 spiro atoms. The number of nitrogens with one attached hydrogen (secondary N) is 1. The van der Waals surface area contributed by atoms with Gasteiger partial charge in [-0.2, -0.15) is 5.10 Å². The number of rotatable bonds is 4. The standard InChI is InChI=1S/C17H15BrN2O/c18-14-8-6-12(7-9-14)11-19-20-17(21)16-10-15(16)13-4-2-1-3-5-13/h1-9,11,15-16H,10H2,(H,20,21). The molecule has 1 aliphatic rings. The van der Waals surface area contributed by atoms with E-state index in [1.165, 1.54) is 5.56 Å². The predicted molar refractivity (Wildman–Crippen MR) is 87.2 cm³/mol. The van der Waals surface area contributed by atoms with Crippen LogP contribution in [0.2, 0.25) is 0 Å². The molecule has 2 atom stereocenters. The molecule has 2 aromatic rings. The number of hydrazone groups is 1. The molecule has 0 aromatic heterocycles. The number of amides is 1. The molecule has 0 radical (unpaired) electrons. The van der Waals surface area contributed by atoms with Gasteiger partial charge in [0.25, 0.3) is 0 Å². The summed E-state index contributed by atoms with van der Waals surface area (Å²) in [6.07, 6.45) is 2.56. The maximum absolute atomic E-state index is 12.0. The van der Waals surface area contributed by atoms with Crippen molar-refractivity contribution >= 4 is 28.1 Å². The molecule has 1 aliphatic carbocycles. The van der Waals surface area contributed by atoms with E-state index in [9.17, 15) is 4.79 Å². The molecule has 0 saturated heterocycles. The number of benzene rings is 2. The van der Waals surface area contributed by atoms with Crippen LogP contribution in [0.5, 0.6) is 0 Å². The number of halogens is 1. The van der Waals surface area contributed by atoms with Crippen molar-refractivity contribution in [3.63, 3.8) is 0 Å². The van der Waals surface area contributed by atoms with E-state index in [2.05, 4.69) is 38.6 Å². The van der Waals surface area contributed by atoms with Crippen LogP contribution < -0.4 is 5.43 Å². The molecule has 106 valence electrons. The second-order valence-corrected chi connectivity index (χ2v) is 6.06. The molecule has 4 heteroatoms. The van der Waals surface area contributed by atoms with Gasteiger partial charge < -0.3 is 0 Å². The van der Waals surface area contributed by atoms with Crippen LogP contribution in [0.3, 0.4) is 0 Å². The summed E-state index contributed by atoms with van der Waals surface area (Å²) in [5.41, 5.74) is 4.81. The largest absolute Gasteiger partial charge is 0.273 e. The van der Waals surface area contributed by atoms with Gasteiger partial charge in [-0.15, -0.1) is 0 Å². The summed E-state index contributed by atoms with van der Waals surface area (Å²) in [5, 5.41) is 4.02. The zero-order valence-electron chi connectivity index (χ0n) is 11.4. The van der Waals surface area contributed by atoms with Gasteiger partial charge in [-0.25, -0.2) is 5.43 Å². The van der Waals surface area contributed by atoms with E-state index in [1.807, 2.05) is 42.5 Å². The molecule has 1 N–H and O–H groups in total. The van der Waals surface area contributed by atoms with Gasteiger partial charge in [-0.1, -0.05) is 58.4 Å². The Kier molecular flexibility index (Phi) is 4.15. The Labute approximate surface area is 132 Å². The summed E-state index contributed by atoms with van der Waals surface area (Å²) in [4.78, 5) is 12.0. The molecular weight excluding hydrogens is 328 g/mol. The van der Waals surface area contributed by atoms with E-state index in [0.29, 0.717) is 5.92 Å². The van der Waals surface area contributed by atoms with Crippen LogP contribution in [0.15, 0.2) is 64.2 Å². The highest BCUT2D eigenvalue weighted by Gasteiger charge is 2.43. The molecule has 0 bridgehead atoms. The van der Waals surface area contributed by atoms with E-state index in [1.54, 1.807) is 6.21 Å². The third-order valence-electron chi connectivity index (χ3n) is 3.61. The highest BCUT2D eigenvalue weighted by molar-refractivity contribution is 9.10. The number of hydrogen-bond donors (Lipinski definition) is 1. The van der Waals surface area contributed by atoms with E-state index in [4.69, 9.17) is 0 Å². The number of nitrogens with zero attached hydrogens (tertiary/aromatic N) is 1. The summed E-state index contributed by atoms with van der Waals surface area (Å²) in [6, 6.07) is 17.9. The molecule has 1 amide bonds. The highest BCUT2D eigenvalue weighted by atomic mass is 79.9. The van der Waals surface area contributed by atoms with Crippen LogP contribution in [-0.2, 0) is 4.79 Å². The lowest BCUT2D eigenvalue weighted by molar-refractivity contribution is -0.122. The van der Waals surface area contributed by atoms with Crippen LogP contribution in [0, 0.1) is 5.92 Å². The maximum atomic E-state index is 12.0.